The Hall–Kier alpha value is -2.25. The number of urea groups is 1. The van der Waals surface area contributed by atoms with Crippen molar-refractivity contribution in [2.45, 2.75) is 25.9 Å². The predicted octanol–water partition coefficient (Wildman–Crippen LogP) is 3.34. The minimum Gasteiger partial charge on any atom is -0.481 e. The van der Waals surface area contributed by atoms with Gasteiger partial charge in [0.15, 0.2) is 0 Å². The number of piperidine rings is 1. The minimum absolute atomic E-state index is 0.0547. The summed E-state index contributed by atoms with van der Waals surface area (Å²) < 4.78 is 38.6. The zero-order valence-corrected chi connectivity index (χ0v) is 12.5. The van der Waals surface area contributed by atoms with Crippen LogP contribution in [0.5, 0.6) is 0 Å². The number of aliphatic carboxylic acids is 1. The quantitative estimate of drug-likeness (QED) is 0.874. The molecule has 0 bridgehead atoms. The van der Waals surface area contributed by atoms with Crippen molar-refractivity contribution in [1.82, 2.24) is 4.90 Å². The number of hydrogen-bond acceptors (Lipinski definition) is 2. The summed E-state index contributed by atoms with van der Waals surface area (Å²) in [6, 6.07) is 2.98. The first kappa shape index (κ1) is 17.1. The Morgan fingerprint density at radius 2 is 2.04 bits per heavy atom. The van der Waals surface area contributed by atoms with Crippen LogP contribution in [0.25, 0.3) is 0 Å². The van der Waals surface area contributed by atoms with Gasteiger partial charge >= 0.3 is 18.2 Å². The third-order valence-corrected chi connectivity index (χ3v) is 3.94. The van der Waals surface area contributed by atoms with Crippen molar-refractivity contribution in [3.63, 3.8) is 0 Å². The van der Waals surface area contributed by atoms with Gasteiger partial charge in [0, 0.05) is 18.8 Å². The van der Waals surface area contributed by atoms with Crippen LogP contribution >= 0.6 is 0 Å². The Bertz CT molecular complexity index is 616. The second-order valence-electron chi connectivity index (χ2n) is 5.53. The molecule has 1 unspecified atom stereocenters. The van der Waals surface area contributed by atoms with Crippen LogP contribution in [0, 0.1) is 12.8 Å². The molecular formula is C15H17F3N2O3. The summed E-state index contributed by atoms with van der Waals surface area (Å²) in [7, 11) is 0. The Balaban J connectivity index is 2.13. The number of carbonyl (C=O) groups is 2. The van der Waals surface area contributed by atoms with Crippen LogP contribution in [0.1, 0.15) is 24.0 Å². The van der Waals surface area contributed by atoms with Crippen molar-refractivity contribution in [3.8, 4) is 0 Å². The van der Waals surface area contributed by atoms with Gasteiger partial charge in [-0.15, -0.1) is 0 Å². The van der Waals surface area contributed by atoms with E-state index in [1.54, 1.807) is 0 Å². The fourth-order valence-electron chi connectivity index (χ4n) is 2.64. The van der Waals surface area contributed by atoms with Gasteiger partial charge in [-0.1, -0.05) is 6.07 Å². The first-order valence-electron chi connectivity index (χ1n) is 7.15. The summed E-state index contributed by atoms with van der Waals surface area (Å²) in [4.78, 5) is 24.5. The molecule has 0 spiro atoms. The number of alkyl halides is 3. The van der Waals surface area contributed by atoms with Crippen LogP contribution in [0.4, 0.5) is 23.7 Å². The molecule has 1 aromatic rings. The number of rotatable bonds is 2. The largest absolute Gasteiger partial charge is 0.481 e. The van der Waals surface area contributed by atoms with Crippen molar-refractivity contribution in [3.05, 3.63) is 29.3 Å². The van der Waals surface area contributed by atoms with Gasteiger partial charge in [0.2, 0.25) is 0 Å². The Kier molecular flexibility index (Phi) is 4.82. The van der Waals surface area contributed by atoms with E-state index in [9.17, 15) is 22.8 Å². The monoisotopic (exact) mass is 330 g/mol. The Morgan fingerprint density at radius 3 is 2.65 bits per heavy atom. The maximum Gasteiger partial charge on any atom is 0.416 e. The molecule has 0 radical (unpaired) electrons. The SMILES string of the molecule is Cc1c(NC(=O)N2CCCC(C(=O)O)C2)cccc1C(F)(F)F. The highest BCUT2D eigenvalue weighted by Crippen LogP contribution is 2.34. The molecule has 1 atom stereocenters. The lowest BCUT2D eigenvalue weighted by Gasteiger charge is -2.31. The molecule has 8 heteroatoms. The summed E-state index contributed by atoms with van der Waals surface area (Å²) in [6.45, 7) is 1.72. The molecule has 2 N–H and O–H groups in total. The van der Waals surface area contributed by atoms with E-state index in [1.807, 2.05) is 0 Å². The molecule has 126 valence electrons. The molecule has 0 aliphatic carbocycles. The zero-order chi connectivity index (χ0) is 17.2. The van der Waals surface area contributed by atoms with E-state index in [0.717, 1.165) is 6.07 Å². The van der Waals surface area contributed by atoms with E-state index in [0.29, 0.717) is 19.4 Å². The third kappa shape index (κ3) is 3.94. The van der Waals surface area contributed by atoms with Crippen molar-refractivity contribution in [2.75, 3.05) is 18.4 Å². The van der Waals surface area contributed by atoms with E-state index in [2.05, 4.69) is 5.32 Å². The van der Waals surface area contributed by atoms with Crippen molar-refractivity contribution in [1.29, 1.82) is 0 Å². The molecule has 1 aromatic carbocycles. The van der Waals surface area contributed by atoms with Crippen molar-refractivity contribution in [2.24, 2.45) is 5.92 Å². The summed E-state index contributed by atoms with van der Waals surface area (Å²) in [5.74, 6) is -1.62. The van der Waals surface area contributed by atoms with Crippen LogP contribution in [0.2, 0.25) is 0 Å². The van der Waals surface area contributed by atoms with Crippen molar-refractivity contribution >= 4 is 17.7 Å². The maximum absolute atomic E-state index is 12.9. The molecule has 5 nitrogen and oxygen atoms in total. The smallest absolute Gasteiger partial charge is 0.416 e. The second kappa shape index (κ2) is 6.47. The topological polar surface area (TPSA) is 69.6 Å². The predicted molar refractivity (Wildman–Crippen MR) is 77.1 cm³/mol. The van der Waals surface area contributed by atoms with Gasteiger partial charge in [0.05, 0.1) is 11.5 Å². The van der Waals surface area contributed by atoms with Crippen LogP contribution in [-0.2, 0) is 11.0 Å². The van der Waals surface area contributed by atoms with Gasteiger partial charge in [-0.25, -0.2) is 4.79 Å². The molecule has 1 saturated heterocycles. The standard InChI is InChI=1S/C15H17F3N2O3/c1-9-11(15(16,17)18)5-2-6-12(9)19-14(23)20-7-3-4-10(8-20)13(21)22/h2,5-6,10H,3-4,7-8H2,1H3,(H,19,23)(H,21,22). The highest BCUT2D eigenvalue weighted by Gasteiger charge is 2.33. The van der Waals surface area contributed by atoms with E-state index in [1.165, 1.54) is 24.0 Å². The number of halogens is 3. The number of carboxylic acid groups (broad SMARTS) is 1. The molecule has 2 amide bonds. The van der Waals surface area contributed by atoms with Gasteiger partial charge in [0.25, 0.3) is 0 Å². The molecule has 1 heterocycles. The zero-order valence-electron chi connectivity index (χ0n) is 12.5. The van der Waals surface area contributed by atoms with Crippen LogP contribution in [-0.4, -0.2) is 35.1 Å². The first-order chi connectivity index (χ1) is 10.7. The van der Waals surface area contributed by atoms with Crippen molar-refractivity contribution < 1.29 is 27.9 Å². The van der Waals surface area contributed by atoms with Gasteiger partial charge in [-0.2, -0.15) is 13.2 Å². The molecule has 2 rings (SSSR count). The second-order valence-corrected chi connectivity index (χ2v) is 5.53. The molecule has 1 aliphatic heterocycles. The Morgan fingerprint density at radius 1 is 1.35 bits per heavy atom. The summed E-state index contributed by atoms with van der Waals surface area (Å²) in [6.07, 6.45) is -3.46. The van der Waals surface area contributed by atoms with E-state index < -0.39 is 29.7 Å². The highest BCUT2D eigenvalue weighted by atomic mass is 19.4. The molecular weight excluding hydrogens is 313 g/mol. The molecule has 23 heavy (non-hydrogen) atoms. The normalized spacial score (nSPS) is 18.6. The molecule has 1 fully saturated rings. The van der Waals surface area contributed by atoms with E-state index >= 15 is 0 Å². The maximum atomic E-state index is 12.9. The van der Waals surface area contributed by atoms with Gasteiger partial charge in [-0.05, 0) is 37.5 Å². The van der Waals surface area contributed by atoms with Gasteiger partial charge in [-0.3, -0.25) is 4.79 Å². The average Bonchev–Trinajstić information content (AvgIpc) is 2.48. The lowest BCUT2D eigenvalue weighted by molar-refractivity contribution is -0.143. The van der Waals surface area contributed by atoms with Crippen LogP contribution in [0.15, 0.2) is 18.2 Å². The number of amides is 2. The number of benzene rings is 1. The first-order valence-corrected chi connectivity index (χ1v) is 7.15. The fourth-order valence-corrected chi connectivity index (χ4v) is 2.64. The number of likely N-dealkylation sites (tertiary alicyclic amines) is 1. The summed E-state index contributed by atoms with van der Waals surface area (Å²) >= 11 is 0. The summed E-state index contributed by atoms with van der Waals surface area (Å²) in [5.41, 5.74) is -0.806. The minimum atomic E-state index is -4.50. The number of nitrogens with one attached hydrogen (secondary N) is 1. The number of carbonyl (C=O) groups excluding carboxylic acids is 1. The summed E-state index contributed by atoms with van der Waals surface area (Å²) in [5, 5.41) is 11.5. The lowest BCUT2D eigenvalue weighted by Crippen LogP contribution is -2.44. The van der Waals surface area contributed by atoms with Crippen LogP contribution < -0.4 is 5.32 Å². The van der Waals surface area contributed by atoms with Gasteiger partial charge in [0.1, 0.15) is 0 Å². The van der Waals surface area contributed by atoms with Gasteiger partial charge < -0.3 is 15.3 Å². The Labute approximate surface area is 131 Å². The van der Waals surface area contributed by atoms with Crippen LogP contribution in [0.3, 0.4) is 0 Å². The lowest BCUT2D eigenvalue weighted by atomic mass is 9.99. The molecule has 1 aliphatic rings. The number of anilines is 1. The molecule has 0 aromatic heterocycles. The highest BCUT2D eigenvalue weighted by molar-refractivity contribution is 5.90. The van der Waals surface area contributed by atoms with E-state index in [-0.39, 0.29) is 17.8 Å². The van der Waals surface area contributed by atoms with E-state index in [4.69, 9.17) is 5.11 Å². The molecule has 0 saturated carbocycles. The number of hydrogen-bond donors (Lipinski definition) is 2. The third-order valence-electron chi connectivity index (χ3n) is 3.94. The number of nitrogens with zero attached hydrogens (tertiary/aromatic N) is 1. The average molecular weight is 330 g/mol. The number of carboxylic acids is 1. The fraction of sp³-hybridized carbons (Fsp3) is 0.467.